The molecule has 10 heteroatoms. The van der Waals surface area contributed by atoms with Crippen LogP contribution in [0.25, 0.3) is 158 Å². The van der Waals surface area contributed by atoms with Crippen molar-refractivity contribution in [3.63, 3.8) is 0 Å². The highest BCUT2D eigenvalue weighted by molar-refractivity contribution is 6.18. The van der Waals surface area contributed by atoms with Gasteiger partial charge in [0.25, 0.3) is 0 Å². The lowest BCUT2D eigenvalue weighted by atomic mass is 9.94. The summed E-state index contributed by atoms with van der Waals surface area (Å²) in [5.74, 6) is 0. The fraction of sp³-hybridized carbons (Fsp3) is 0.155. The van der Waals surface area contributed by atoms with Gasteiger partial charge in [0.15, 0.2) is 27.3 Å². The second-order valence-corrected chi connectivity index (χ2v) is 31.2. The number of pyridine rings is 5. The zero-order valence-corrected chi connectivity index (χ0v) is 67.6. The van der Waals surface area contributed by atoms with Crippen molar-refractivity contribution < 1.29 is 23.1 Å². The van der Waals surface area contributed by atoms with E-state index in [0.717, 1.165) is 0 Å². The van der Waals surface area contributed by atoms with Crippen LogP contribution in [0.5, 0.6) is 0 Å². The number of rotatable bonds is 2. The molecule has 0 aliphatic heterocycles. The van der Waals surface area contributed by atoms with Crippen molar-refractivity contribution in [3.8, 4) is 22.3 Å². The second kappa shape index (κ2) is 27.9. The number of hydrogen-bond acceptors (Lipinski definition) is 0. The van der Waals surface area contributed by atoms with E-state index in [1.54, 1.807) is 0 Å². The maximum absolute atomic E-state index is 2.38. The predicted molar refractivity (Wildman–Crippen MR) is 471 cm³/mol. The van der Waals surface area contributed by atoms with Crippen LogP contribution in [0.2, 0.25) is 0 Å². The molecule has 0 fully saturated rings. The Labute approximate surface area is 658 Å². The van der Waals surface area contributed by atoms with E-state index in [9.17, 15) is 0 Å². The predicted octanol–water partition coefficient (Wildman–Crippen LogP) is 22.1. The highest BCUT2D eigenvalue weighted by atomic mass is 15.4. The van der Waals surface area contributed by atoms with Crippen LogP contribution in [-0.2, 0) is 35.2 Å². The number of aromatic nitrogens is 10. The van der Waals surface area contributed by atoms with Gasteiger partial charge in [-0.3, -0.25) is 0 Å². The smallest absolute Gasteiger partial charge is 0.155 e. The van der Waals surface area contributed by atoms with E-state index in [-0.39, 0.29) is 0 Å². The average molecular weight is 1470 g/mol. The molecule has 0 unspecified atom stereocenters. The molecule has 552 valence electrons. The summed E-state index contributed by atoms with van der Waals surface area (Å²) < 4.78 is 22.9. The van der Waals surface area contributed by atoms with Gasteiger partial charge >= 0.3 is 0 Å². The molecule has 0 aliphatic rings. The van der Waals surface area contributed by atoms with Gasteiger partial charge in [0.2, 0.25) is 34.5 Å². The van der Waals surface area contributed by atoms with Crippen LogP contribution >= 0.6 is 0 Å². The molecular formula is C103H95N10+5. The SMILES string of the molecule is Cc1cccc(C)c1-c1c[n+](C)n2c3c(C)cccc3c3ccccc3c12.Cc1cccc2c3ccccc3c3c(-c4ccccc4)c[n+](C)n3c12.Cc1cccc2c3ccccc3c3c(C)c(C)n(C)[n+]3c12.Cc1cccc2c3ccccc3c3c(C)c[n+](C)n3c12.Cc1cccc2c3ccccc3c3cc(C)n(C)[n+]3c12. The molecule has 0 bridgehead atoms. The minimum atomic E-state index is 1.25. The molecule has 0 aliphatic carbocycles. The van der Waals surface area contributed by atoms with Crippen molar-refractivity contribution in [2.45, 2.75) is 76.2 Å². The number of hydrogen-bond donors (Lipinski definition) is 0. The Bertz CT molecular complexity index is 7620. The zero-order chi connectivity index (χ0) is 78.1. The molecule has 0 saturated heterocycles. The lowest BCUT2D eigenvalue weighted by Gasteiger charge is -2.11. The summed E-state index contributed by atoms with van der Waals surface area (Å²) in [7, 11) is 10.7. The number of benzene rings is 12. The fourth-order valence-electron chi connectivity index (χ4n) is 18.8. The molecule has 10 heterocycles. The average Bonchev–Trinajstić information content (AvgIpc) is 1.60. The quantitative estimate of drug-likeness (QED) is 0.122. The summed E-state index contributed by atoms with van der Waals surface area (Å²) in [5, 5.41) is 19.7. The molecule has 113 heavy (non-hydrogen) atoms. The third-order valence-corrected chi connectivity index (χ3v) is 24.2. The van der Waals surface area contributed by atoms with E-state index in [1.165, 1.54) is 220 Å². The van der Waals surface area contributed by atoms with E-state index >= 15 is 0 Å². The summed E-state index contributed by atoms with van der Waals surface area (Å²) in [6.45, 7) is 24.1. The van der Waals surface area contributed by atoms with Crippen LogP contribution in [0.1, 0.15) is 61.5 Å². The topological polar surface area (TPSA) is 42.9 Å². The van der Waals surface area contributed by atoms with Gasteiger partial charge in [-0.05, 0) is 156 Å². The summed E-state index contributed by atoms with van der Waals surface area (Å²) in [5.41, 5.74) is 32.5. The minimum absolute atomic E-state index is 1.25. The van der Waals surface area contributed by atoms with Crippen LogP contribution in [0.3, 0.4) is 0 Å². The summed E-state index contributed by atoms with van der Waals surface area (Å²) in [4.78, 5) is 0. The third-order valence-electron chi connectivity index (χ3n) is 24.2. The fourth-order valence-corrected chi connectivity index (χ4v) is 18.8. The van der Waals surface area contributed by atoms with Crippen molar-refractivity contribution in [1.29, 1.82) is 0 Å². The molecule has 0 radical (unpaired) electrons. The van der Waals surface area contributed by atoms with Crippen molar-refractivity contribution >= 4 is 136 Å². The van der Waals surface area contributed by atoms with Crippen LogP contribution < -0.4 is 23.1 Å². The van der Waals surface area contributed by atoms with Crippen LogP contribution in [0.15, 0.2) is 286 Å². The van der Waals surface area contributed by atoms with Crippen molar-refractivity contribution in [3.05, 3.63) is 347 Å². The highest BCUT2D eigenvalue weighted by Crippen LogP contribution is 2.41. The van der Waals surface area contributed by atoms with Crippen LogP contribution in [0, 0.1) is 76.2 Å². The van der Waals surface area contributed by atoms with E-state index in [2.05, 4.69) is 443 Å². The van der Waals surface area contributed by atoms with Crippen molar-refractivity contribution in [2.75, 3.05) is 0 Å². The Morgan fingerprint density at radius 1 is 0.239 bits per heavy atom. The normalized spacial score (nSPS) is 11.7. The standard InChI is InChI=1S/C25H23N2.C23H19N2.C19H19N2.2C18H17N2/c1-16-9-7-10-17(2)23(16)22-15-26(4)27-24-18(3)11-8-14-20(24)19-12-5-6-13-21(19)25(22)27;1-16-9-8-14-19-18-12-6-7-13-20(18)23-21(17-10-4-3-5-11-17)15-24(2)25(23)22(16)19;1-12-8-7-11-16-15-9-5-6-10-17(15)19-13(2)14(3)20(4)21(19)18(12)16;1-12-7-6-10-16-14-8-4-5-9-15(14)18-13(2)11-19(3)20(18)17(12)16;1-12-7-6-10-16-14-8-4-5-9-15(14)17-11-13(2)19(3)20(17)18(12)16/h5-15H,1-4H3;3-15H,1-2H3;5-11H,1-4H3;2*4-11H,1-3H3/q5*+1. The van der Waals surface area contributed by atoms with Crippen LogP contribution in [0.4, 0.5) is 0 Å². The van der Waals surface area contributed by atoms with Crippen molar-refractivity contribution in [1.82, 2.24) is 22.9 Å². The van der Waals surface area contributed by atoms with E-state index in [1.807, 2.05) is 0 Å². The minimum Gasteiger partial charge on any atom is -0.155 e. The first-order valence-electron chi connectivity index (χ1n) is 39.4. The first-order valence-corrected chi connectivity index (χ1v) is 39.4. The molecule has 0 N–H and O–H groups in total. The summed E-state index contributed by atoms with van der Waals surface area (Å²) in [6.07, 6.45) is 6.72. The molecule has 0 amide bonds. The Hall–Kier alpha value is -13.3. The molecule has 22 aromatic rings. The van der Waals surface area contributed by atoms with Gasteiger partial charge in [0, 0.05) is 71.4 Å². The molecule has 0 atom stereocenters. The van der Waals surface area contributed by atoms with Gasteiger partial charge < -0.3 is 0 Å². The molecule has 10 aromatic heterocycles. The monoisotopic (exact) mass is 1470 g/mol. The Balaban J connectivity index is 0.0000000989. The first-order chi connectivity index (χ1) is 54.8. The van der Waals surface area contributed by atoms with Gasteiger partial charge in [0.1, 0.15) is 33.1 Å². The first kappa shape index (κ1) is 71.3. The second-order valence-electron chi connectivity index (χ2n) is 31.2. The van der Waals surface area contributed by atoms with E-state index < -0.39 is 0 Å². The third kappa shape index (κ3) is 11.3. The maximum Gasteiger partial charge on any atom is 0.249 e. The van der Waals surface area contributed by atoms with Gasteiger partial charge in [-0.2, -0.15) is 9.36 Å². The number of para-hydroxylation sites is 5. The summed E-state index contributed by atoms with van der Waals surface area (Å²) in [6, 6.07) is 96.0. The Morgan fingerprint density at radius 3 is 1.03 bits per heavy atom. The van der Waals surface area contributed by atoms with Gasteiger partial charge in [-0.25, -0.2) is 0 Å². The maximum atomic E-state index is 2.38. The summed E-state index contributed by atoms with van der Waals surface area (Å²) >= 11 is 0. The highest BCUT2D eigenvalue weighted by Gasteiger charge is 2.29. The number of nitrogens with zero attached hydrogens (tertiary/aromatic N) is 10. The molecule has 12 aromatic carbocycles. The van der Waals surface area contributed by atoms with E-state index in [4.69, 9.17) is 0 Å². The molecule has 10 nitrogen and oxygen atoms in total. The number of fused-ring (bicyclic) bond motifs is 30. The van der Waals surface area contributed by atoms with Crippen molar-refractivity contribution in [2.24, 2.45) is 35.2 Å². The lowest BCUT2D eigenvalue weighted by molar-refractivity contribution is -0.735. The lowest BCUT2D eigenvalue weighted by Crippen LogP contribution is -2.34. The molecule has 0 saturated carbocycles. The van der Waals surface area contributed by atoms with Gasteiger partial charge in [-0.15, -0.1) is 27.6 Å². The molecule has 0 spiro atoms. The van der Waals surface area contributed by atoms with E-state index in [0.29, 0.717) is 0 Å². The Morgan fingerprint density at radius 2 is 0.549 bits per heavy atom. The zero-order valence-electron chi connectivity index (χ0n) is 67.6. The molecular weight excluding hydrogens is 1380 g/mol. The van der Waals surface area contributed by atoms with Crippen LogP contribution in [-0.4, -0.2) is 22.9 Å². The Kier molecular flexibility index (Phi) is 17.6. The largest absolute Gasteiger partial charge is 0.249 e. The van der Waals surface area contributed by atoms with Gasteiger partial charge in [0.05, 0.1) is 58.2 Å². The number of aryl methyl sites for hydroxylation is 15. The molecule has 22 rings (SSSR count). The van der Waals surface area contributed by atoms with Gasteiger partial charge in [-0.1, -0.05) is 246 Å².